The maximum atomic E-state index is 12.4. The SMILES string of the molecule is O=C(c1cncc(Cc2ccc(Cn3ccccc3=O)cc2)c1)C1CCC1. The summed E-state index contributed by atoms with van der Waals surface area (Å²) < 4.78 is 1.69. The Morgan fingerprint density at radius 2 is 1.78 bits per heavy atom. The highest BCUT2D eigenvalue weighted by Crippen LogP contribution is 2.29. The maximum Gasteiger partial charge on any atom is 0.250 e. The molecular formula is C23H22N2O2. The van der Waals surface area contributed by atoms with Crippen molar-refractivity contribution in [1.29, 1.82) is 0 Å². The largest absolute Gasteiger partial charge is 0.311 e. The van der Waals surface area contributed by atoms with Gasteiger partial charge >= 0.3 is 0 Å². The summed E-state index contributed by atoms with van der Waals surface area (Å²) in [5.74, 6) is 0.432. The number of hydrogen-bond acceptors (Lipinski definition) is 3. The number of Topliss-reactive ketones (excluding diaryl/α,β-unsaturated/α-hetero) is 1. The predicted octanol–water partition coefficient (Wildman–Crippen LogP) is 3.87. The van der Waals surface area contributed by atoms with Gasteiger partial charge in [-0.05, 0) is 48.1 Å². The minimum absolute atomic E-state index is 0.000552. The van der Waals surface area contributed by atoms with E-state index in [0.29, 0.717) is 6.54 Å². The van der Waals surface area contributed by atoms with Gasteiger partial charge in [0, 0.05) is 36.1 Å². The van der Waals surface area contributed by atoms with E-state index in [1.807, 2.05) is 30.5 Å². The highest BCUT2D eigenvalue weighted by molar-refractivity contribution is 5.98. The smallest absolute Gasteiger partial charge is 0.250 e. The van der Waals surface area contributed by atoms with Gasteiger partial charge in [0.1, 0.15) is 0 Å². The third-order valence-corrected chi connectivity index (χ3v) is 5.24. The van der Waals surface area contributed by atoms with Crippen LogP contribution in [0.3, 0.4) is 0 Å². The van der Waals surface area contributed by atoms with E-state index in [1.165, 1.54) is 0 Å². The van der Waals surface area contributed by atoms with Crippen molar-refractivity contribution in [3.05, 3.63) is 99.7 Å². The Bertz CT molecular complexity index is 1000. The van der Waals surface area contributed by atoms with Crippen LogP contribution in [-0.4, -0.2) is 15.3 Å². The Morgan fingerprint density at radius 3 is 2.48 bits per heavy atom. The number of carbonyl (C=O) groups is 1. The monoisotopic (exact) mass is 358 g/mol. The van der Waals surface area contributed by atoms with Gasteiger partial charge in [-0.1, -0.05) is 36.8 Å². The molecule has 0 radical (unpaired) electrons. The predicted molar refractivity (Wildman–Crippen MR) is 105 cm³/mol. The first-order valence-corrected chi connectivity index (χ1v) is 9.40. The summed E-state index contributed by atoms with van der Waals surface area (Å²) in [6, 6.07) is 15.4. The van der Waals surface area contributed by atoms with Crippen molar-refractivity contribution in [3.8, 4) is 0 Å². The van der Waals surface area contributed by atoms with Crippen molar-refractivity contribution >= 4 is 5.78 Å². The topological polar surface area (TPSA) is 52.0 Å². The van der Waals surface area contributed by atoms with Gasteiger partial charge in [-0.15, -0.1) is 0 Å². The molecule has 0 atom stereocenters. The average Bonchev–Trinajstić information content (AvgIpc) is 2.64. The van der Waals surface area contributed by atoms with Crippen molar-refractivity contribution in [2.24, 2.45) is 5.92 Å². The summed E-state index contributed by atoms with van der Waals surface area (Å²) in [7, 11) is 0. The van der Waals surface area contributed by atoms with Crippen LogP contribution in [0, 0.1) is 5.92 Å². The Morgan fingerprint density at radius 1 is 1.00 bits per heavy atom. The molecule has 0 spiro atoms. The second-order valence-electron chi connectivity index (χ2n) is 7.23. The third kappa shape index (κ3) is 4.05. The molecule has 1 aliphatic rings. The molecule has 4 rings (SSSR count). The van der Waals surface area contributed by atoms with Crippen molar-refractivity contribution in [3.63, 3.8) is 0 Å². The number of ketones is 1. The highest BCUT2D eigenvalue weighted by Gasteiger charge is 2.26. The molecule has 4 heteroatoms. The summed E-state index contributed by atoms with van der Waals surface area (Å²) in [5, 5.41) is 0. The fourth-order valence-electron chi connectivity index (χ4n) is 3.41. The number of hydrogen-bond donors (Lipinski definition) is 0. The zero-order valence-corrected chi connectivity index (χ0v) is 15.2. The Balaban J connectivity index is 1.45. The highest BCUT2D eigenvalue weighted by atomic mass is 16.1. The van der Waals surface area contributed by atoms with Crippen LogP contribution in [0.15, 0.2) is 71.9 Å². The first-order valence-electron chi connectivity index (χ1n) is 9.40. The molecular weight excluding hydrogens is 336 g/mol. The molecule has 0 bridgehead atoms. The molecule has 136 valence electrons. The number of carbonyl (C=O) groups excluding carboxylic acids is 1. The fraction of sp³-hybridized carbons (Fsp3) is 0.261. The van der Waals surface area contributed by atoms with Crippen LogP contribution >= 0.6 is 0 Å². The summed E-state index contributed by atoms with van der Waals surface area (Å²) >= 11 is 0. The molecule has 1 aromatic carbocycles. The van der Waals surface area contributed by atoms with E-state index in [0.717, 1.165) is 47.9 Å². The van der Waals surface area contributed by atoms with E-state index in [4.69, 9.17) is 0 Å². The van der Waals surface area contributed by atoms with E-state index in [-0.39, 0.29) is 17.3 Å². The molecule has 0 saturated heterocycles. The Labute approximate surface area is 158 Å². The number of nitrogens with zero attached hydrogens (tertiary/aromatic N) is 2. The van der Waals surface area contributed by atoms with E-state index in [9.17, 15) is 9.59 Å². The Kier molecular flexibility index (Phi) is 4.97. The summed E-state index contributed by atoms with van der Waals surface area (Å²) in [4.78, 5) is 28.5. The van der Waals surface area contributed by atoms with Crippen LogP contribution < -0.4 is 5.56 Å². The van der Waals surface area contributed by atoms with Gasteiger partial charge in [0.15, 0.2) is 5.78 Å². The van der Waals surface area contributed by atoms with E-state index in [1.54, 1.807) is 29.1 Å². The molecule has 0 amide bonds. The molecule has 1 aliphatic carbocycles. The first-order chi connectivity index (χ1) is 13.2. The van der Waals surface area contributed by atoms with Crippen LogP contribution in [0.25, 0.3) is 0 Å². The quantitative estimate of drug-likeness (QED) is 0.629. The molecule has 2 aromatic heterocycles. The lowest BCUT2D eigenvalue weighted by Gasteiger charge is -2.23. The lowest BCUT2D eigenvalue weighted by molar-refractivity contribution is 0.0854. The molecule has 2 heterocycles. The molecule has 0 unspecified atom stereocenters. The van der Waals surface area contributed by atoms with E-state index >= 15 is 0 Å². The molecule has 27 heavy (non-hydrogen) atoms. The minimum Gasteiger partial charge on any atom is -0.311 e. The first kappa shape index (κ1) is 17.4. The average molecular weight is 358 g/mol. The van der Waals surface area contributed by atoms with Crippen LogP contribution in [0.5, 0.6) is 0 Å². The Hall–Kier alpha value is -3.01. The van der Waals surface area contributed by atoms with Gasteiger partial charge < -0.3 is 4.57 Å². The zero-order valence-electron chi connectivity index (χ0n) is 15.2. The van der Waals surface area contributed by atoms with Gasteiger partial charge in [0.2, 0.25) is 0 Å². The zero-order chi connectivity index (χ0) is 18.6. The van der Waals surface area contributed by atoms with Crippen LogP contribution in [0.2, 0.25) is 0 Å². The van der Waals surface area contributed by atoms with Gasteiger partial charge in [-0.2, -0.15) is 0 Å². The normalized spacial score (nSPS) is 13.9. The molecule has 4 nitrogen and oxygen atoms in total. The van der Waals surface area contributed by atoms with Gasteiger partial charge in [-0.3, -0.25) is 14.6 Å². The summed E-state index contributed by atoms with van der Waals surface area (Å²) in [6.45, 7) is 0.562. The lowest BCUT2D eigenvalue weighted by Crippen LogP contribution is -2.22. The van der Waals surface area contributed by atoms with Crippen LogP contribution in [0.1, 0.15) is 46.3 Å². The van der Waals surface area contributed by atoms with Crippen LogP contribution in [-0.2, 0) is 13.0 Å². The summed E-state index contributed by atoms with van der Waals surface area (Å²) in [5.41, 5.74) is 4.03. The fourth-order valence-corrected chi connectivity index (χ4v) is 3.41. The van der Waals surface area contributed by atoms with E-state index in [2.05, 4.69) is 17.1 Å². The minimum atomic E-state index is 0.000552. The lowest BCUT2D eigenvalue weighted by atomic mass is 9.80. The van der Waals surface area contributed by atoms with Crippen molar-refractivity contribution < 1.29 is 4.79 Å². The van der Waals surface area contributed by atoms with Crippen LogP contribution in [0.4, 0.5) is 0 Å². The van der Waals surface area contributed by atoms with Crippen molar-refractivity contribution in [2.45, 2.75) is 32.2 Å². The second kappa shape index (κ2) is 7.70. The van der Waals surface area contributed by atoms with Gasteiger partial charge in [0.25, 0.3) is 5.56 Å². The van der Waals surface area contributed by atoms with Gasteiger partial charge in [-0.25, -0.2) is 0 Å². The number of pyridine rings is 2. The second-order valence-corrected chi connectivity index (χ2v) is 7.23. The molecule has 1 saturated carbocycles. The standard InChI is InChI=1S/C23H22N2O2/c26-22-6-1-2-11-25(22)16-18-9-7-17(8-10-18)12-19-13-21(15-24-14-19)23(27)20-4-3-5-20/h1-2,6-11,13-15,20H,3-5,12,16H2. The van der Waals surface area contributed by atoms with Crippen molar-refractivity contribution in [2.75, 3.05) is 0 Å². The number of aromatic nitrogens is 2. The molecule has 0 N–H and O–H groups in total. The number of benzene rings is 1. The molecule has 1 fully saturated rings. The van der Waals surface area contributed by atoms with Gasteiger partial charge in [0.05, 0.1) is 6.54 Å². The van der Waals surface area contributed by atoms with E-state index < -0.39 is 0 Å². The number of rotatable bonds is 6. The van der Waals surface area contributed by atoms with Crippen molar-refractivity contribution in [1.82, 2.24) is 9.55 Å². The maximum absolute atomic E-state index is 12.4. The third-order valence-electron chi connectivity index (χ3n) is 5.24. The molecule has 3 aromatic rings. The summed E-state index contributed by atoms with van der Waals surface area (Å²) in [6.07, 6.45) is 9.23. The molecule has 0 aliphatic heterocycles.